The Morgan fingerprint density at radius 3 is 2.74 bits per heavy atom. The highest BCUT2D eigenvalue weighted by molar-refractivity contribution is 5.91. The van der Waals surface area contributed by atoms with E-state index in [0.29, 0.717) is 12.5 Å². The van der Waals surface area contributed by atoms with E-state index >= 15 is 0 Å². The van der Waals surface area contributed by atoms with Crippen molar-refractivity contribution in [2.45, 2.75) is 63.3 Å². The van der Waals surface area contributed by atoms with Crippen LogP contribution in [0.15, 0.2) is 12.3 Å². The number of likely N-dealkylation sites (tertiary alicyclic amines) is 1. The molecule has 6 heteroatoms. The molecule has 1 saturated carbocycles. The van der Waals surface area contributed by atoms with Crippen molar-refractivity contribution in [2.24, 2.45) is 0 Å². The van der Waals surface area contributed by atoms with Crippen LogP contribution in [0.4, 0.5) is 0 Å². The zero-order chi connectivity index (χ0) is 16.3. The van der Waals surface area contributed by atoms with Crippen molar-refractivity contribution < 1.29 is 9.59 Å². The van der Waals surface area contributed by atoms with Crippen LogP contribution in [0, 0.1) is 0 Å². The number of hydrogen-bond donors (Lipinski definition) is 2. The highest BCUT2D eigenvalue weighted by atomic mass is 16.2. The fourth-order valence-corrected chi connectivity index (χ4v) is 4.10. The Hall–Kier alpha value is -1.85. The summed E-state index contributed by atoms with van der Waals surface area (Å²) in [6.45, 7) is 3.00. The van der Waals surface area contributed by atoms with Gasteiger partial charge in [0.15, 0.2) is 0 Å². The molecule has 2 fully saturated rings. The summed E-state index contributed by atoms with van der Waals surface area (Å²) in [5, 5.41) is 10.0. The Labute approximate surface area is 137 Å². The van der Waals surface area contributed by atoms with Gasteiger partial charge in [-0.15, -0.1) is 0 Å². The number of amides is 2. The van der Waals surface area contributed by atoms with Gasteiger partial charge in [0.25, 0.3) is 0 Å². The van der Waals surface area contributed by atoms with Gasteiger partial charge in [0, 0.05) is 37.8 Å². The highest BCUT2D eigenvalue weighted by Crippen LogP contribution is 2.33. The fourth-order valence-electron chi connectivity index (χ4n) is 4.10. The number of nitrogens with zero attached hydrogens (tertiary/aromatic N) is 2. The molecular formula is C17H26N4O2. The smallest absolute Gasteiger partial charge is 0.248 e. The molecule has 1 aromatic rings. The molecule has 6 nitrogen and oxygen atoms in total. The maximum Gasteiger partial charge on any atom is 0.248 e. The Bertz CT molecular complexity index is 549. The molecule has 0 bridgehead atoms. The second-order valence-electron chi connectivity index (χ2n) is 6.93. The number of carbonyl (C=O) groups is 2. The van der Waals surface area contributed by atoms with E-state index in [1.54, 1.807) is 6.20 Å². The van der Waals surface area contributed by atoms with Crippen molar-refractivity contribution in [3.05, 3.63) is 18.0 Å². The van der Waals surface area contributed by atoms with Crippen LogP contribution in [-0.2, 0) is 9.59 Å². The molecule has 2 N–H and O–H groups in total. The van der Waals surface area contributed by atoms with E-state index in [-0.39, 0.29) is 11.8 Å². The number of H-pyrrole nitrogens is 1. The van der Waals surface area contributed by atoms with Gasteiger partial charge in [0.2, 0.25) is 11.8 Å². The van der Waals surface area contributed by atoms with Gasteiger partial charge in [0.1, 0.15) is 5.54 Å². The molecule has 1 atom stereocenters. The van der Waals surface area contributed by atoms with Gasteiger partial charge in [0.05, 0.1) is 0 Å². The van der Waals surface area contributed by atoms with E-state index in [0.717, 1.165) is 57.2 Å². The van der Waals surface area contributed by atoms with Crippen molar-refractivity contribution >= 4 is 11.8 Å². The average molecular weight is 318 g/mol. The number of aromatic amines is 1. The summed E-state index contributed by atoms with van der Waals surface area (Å²) >= 11 is 0. The van der Waals surface area contributed by atoms with Gasteiger partial charge < -0.3 is 10.2 Å². The largest absolute Gasteiger partial charge is 0.342 e. The molecule has 1 aliphatic heterocycles. The normalized spacial score (nSPS) is 24.2. The summed E-state index contributed by atoms with van der Waals surface area (Å²) in [5.41, 5.74) is 0.416. The molecule has 3 rings (SSSR count). The van der Waals surface area contributed by atoms with E-state index in [2.05, 4.69) is 15.5 Å². The van der Waals surface area contributed by atoms with Crippen LogP contribution < -0.4 is 5.32 Å². The van der Waals surface area contributed by atoms with Crippen LogP contribution in [0.25, 0.3) is 0 Å². The molecule has 1 saturated heterocycles. The maximum atomic E-state index is 13.2. The first-order chi connectivity index (χ1) is 11.1. The van der Waals surface area contributed by atoms with Gasteiger partial charge in [-0.1, -0.05) is 19.3 Å². The van der Waals surface area contributed by atoms with E-state index in [1.807, 2.05) is 11.0 Å². The summed E-state index contributed by atoms with van der Waals surface area (Å²) in [6, 6.07) is 1.99. The number of hydrogen-bond acceptors (Lipinski definition) is 3. The molecule has 2 amide bonds. The average Bonchev–Trinajstić information content (AvgIpc) is 3.09. The lowest BCUT2D eigenvalue weighted by atomic mass is 9.79. The summed E-state index contributed by atoms with van der Waals surface area (Å²) in [5.74, 6) is 0.312. The highest BCUT2D eigenvalue weighted by Gasteiger charge is 2.43. The monoisotopic (exact) mass is 318 g/mol. The lowest BCUT2D eigenvalue weighted by Crippen LogP contribution is -2.61. The minimum absolute atomic E-state index is 0.108. The van der Waals surface area contributed by atoms with E-state index in [1.165, 1.54) is 6.92 Å². The molecule has 2 heterocycles. The van der Waals surface area contributed by atoms with Crippen LogP contribution in [0.3, 0.4) is 0 Å². The van der Waals surface area contributed by atoms with Gasteiger partial charge in [-0.3, -0.25) is 14.7 Å². The second kappa shape index (κ2) is 6.72. The molecule has 1 unspecified atom stereocenters. The molecule has 0 spiro atoms. The van der Waals surface area contributed by atoms with Crippen LogP contribution in [-0.4, -0.2) is 45.5 Å². The first-order valence-corrected chi connectivity index (χ1v) is 8.68. The summed E-state index contributed by atoms with van der Waals surface area (Å²) in [6.07, 6.45) is 8.49. The second-order valence-corrected chi connectivity index (χ2v) is 6.93. The molecular weight excluding hydrogens is 292 g/mol. The number of rotatable bonds is 3. The Morgan fingerprint density at radius 1 is 1.30 bits per heavy atom. The number of nitrogens with one attached hydrogen (secondary N) is 2. The predicted octanol–water partition coefficient (Wildman–Crippen LogP) is 1.95. The van der Waals surface area contributed by atoms with Gasteiger partial charge in [-0.05, 0) is 31.7 Å². The number of carbonyl (C=O) groups excluding carboxylic acids is 2. The third-order valence-electron chi connectivity index (χ3n) is 5.20. The van der Waals surface area contributed by atoms with Crippen molar-refractivity contribution in [3.63, 3.8) is 0 Å². The standard InChI is InChI=1S/C17H26N4O2/c1-13(22)19-17(8-3-2-4-9-17)16(23)21-11-5-6-14(12-21)15-7-10-18-20-15/h7,10,14H,2-6,8-9,11-12H2,1H3,(H,18,20)(H,19,22). The Kier molecular flexibility index (Phi) is 4.68. The first-order valence-electron chi connectivity index (χ1n) is 8.68. The number of piperidine rings is 1. The summed E-state index contributed by atoms with van der Waals surface area (Å²) in [7, 11) is 0. The Morgan fingerprint density at radius 2 is 2.09 bits per heavy atom. The Balaban J connectivity index is 1.75. The fraction of sp³-hybridized carbons (Fsp3) is 0.706. The molecule has 2 aliphatic rings. The van der Waals surface area contributed by atoms with Gasteiger partial charge in [-0.2, -0.15) is 5.10 Å². The van der Waals surface area contributed by atoms with Crippen LogP contribution in [0.5, 0.6) is 0 Å². The molecule has 23 heavy (non-hydrogen) atoms. The zero-order valence-corrected chi connectivity index (χ0v) is 13.8. The van der Waals surface area contributed by atoms with E-state index < -0.39 is 5.54 Å². The number of aromatic nitrogens is 2. The zero-order valence-electron chi connectivity index (χ0n) is 13.8. The topological polar surface area (TPSA) is 78.1 Å². The van der Waals surface area contributed by atoms with Crippen molar-refractivity contribution in [2.75, 3.05) is 13.1 Å². The molecule has 126 valence electrons. The van der Waals surface area contributed by atoms with Crippen molar-refractivity contribution in [3.8, 4) is 0 Å². The van der Waals surface area contributed by atoms with Crippen LogP contribution >= 0.6 is 0 Å². The lowest BCUT2D eigenvalue weighted by molar-refractivity contribution is -0.144. The lowest BCUT2D eigenvalue weighted by Gasteiger charge is -2.42. The van der Waals surface area contributed by atoms with Crippen molar-refractivity contribution in [1.29, 1.82) is 0 Å². The van der Waals surface area contributed by atoms with Crippen LogP contribution in [0.2, 0.25) is 0 Å². The molecule has 1 aromatic heterocycles. The van der Waals surface area contributed by atoms with Crippen LogP contribution in [0.1, 0.15) is 63.5 Å². The summed E-state index contributed by atoms with van der Waals surface area (Å²) < 4.78 is 0. The quantitative estimate of drug-likeness (QED) is 0.894. The maximum absolute atomic E-state index is 13.2. The van der Waals surface area contributed by atoms with Crippen molar-refractivity contribution in [1.82, 2.24) is 20.4 Å². The molecule has 0 aromatic carbocycles. The minimum Gasteiger partial charge on any atom is -0.342 e. The minimum atomic E-state index is -0.681. The summed E-state index contributed by atoms with van der Waals surface area (Å²) in [4.78, 5) is 26.8. The first kappa shape index (κ1) is 16.0. The van der Waals surface area contributed by atoms with E-state index in [4.69, 9.17) is 0 Å². The van der Waals surface area contributed by atoms with E-state index in [9.17, 15) is 9.59 Å². The third kappa shape index (κ3) is 3.41. The predicted molar refractivity (Wildman–Crippen MR) is 86.8 cm³/mol. The molecule has 0 radical (unpaired) electrons. The molecule has 1 aliphatic carbocycles. The van der Waals surface area contributed by atoms with Gasteiger partial charge >= 0.3 is 0 Å². The third-order valence-corrected chi connectivity index (χ3v) is 5.20. The SMILES string of the molecule is CC(=O)NC1(C(=O)N2CCCC(c3ccn[nH]3)C2)CCCCC1. The van der Waals surface area contributed by atoms with Gasteiger partial charge in [-0.25, -0.2) is 0 Å².